The van der Waals surface area contributed by atoms with E-state index < -0.39 is 40.3 Å². The third-order valence-corrected chi connectivity index (χ3v) is 7.41. The van der Waals surface area contributed by atoms with Crippen molar-refractivity contribution in [1.29, 1.82) is 0 Å². The van der Waals surface area contributed by atoms with Crippen LogP contribution < -0.4 is 10.2 Å². The Morgan fingerprint density at radius 2 is 1.92 bits per heavy atom. The average molecular weight is 563 g/mol. The van der Waals surface area contributed by atoms with Crippen molar-refractivity contribution in [3.05, 3.63) is 69.8 Å². The molecule has 1 fully saturated rings. The average Bonchev–Trinajstić information content (AvgIpc) is 3.17. The first kappa shape index (κ1) is 26.9. The molecule has 0 radical (unpaired) electrons. The summed E-state index contributed by atoms with van der Waals surface area (Å²) in [5.74, 6) is -4.12. The lowest BCUT2D eigenvalue weighted by Crippen LogP contribution is -2.61. The SMILES string of the molecule is Cn1cc(F)c(N2C[C@](C)(c3cccc(Cl)c3F)c3c(cnc(NC4CN(C(=O)C(C)(C)O)C4)c3F)C2=O)n1. The van der Waals surface area contributed by atoms with E-state index in [4.69, 9.17) is 11.6 Å². The van der Waals surface area contributed by atoms with Gasteiger partial charge in [-0.15, -0.1) is 0 Å². The Labute approximate surface area is 227 Å². The highest BCUT2D eigenvalue weighted by Crippen LogP contribution is 2.45. The number of benzene rings is 1. The lowest BCUT2D eigenvalue weighted by atomic mass is 9.71. The topological polar surface area (TPSA) is 104 Å². The quantitative estimate of drug-likeness (QED) is 0.495. The Balaban J connectivity index is 1.57. The third-order valence-electron chi connectivity index (χ3n) is 7.12. The normalized spacial score (nSPS) is 19.7. The van der Waals surface area contributed by atoms with Gasteiger partial charge in [-0.1, -0.05) is 23.7 Å². The van der Waals surface area contributed by atoms with E-state index in [9.17, 15) is 19.1 Å². The van der Waals surface area contributed by atoms with Crippen LogP contribution in [0.4, 0.5) is 24.8 Å². The Morgan fingerprint density at radius 3 is 2.54 bits per heavy atom. The number of anilines is 2. The van der Waals surface area contributed by atoms with E-state index in [-0.39, 0.29) is 59.0 Å². The van der Waals surface area contributed by atoms with Crippen molar-refractivity contribution in [3.63, 3.8) is 0 Å². The Morgan fingerprint density at radius 1 is 1.23 bits per heavy atom. The fraction of sp³-hybridized carbons (Fsp3) is 0.385. The number of aliphatic hydroxyl groups is 1. The highest BCUT2D eigenvalue weighted by molar-refractivity contribution is 6.30. The van der Waals surface area contributed by atoms with E-state index in [1.54, 1.807) is 6.92 Å². The smallest absolute Gasteiger partial charge is 0.261 e. The van der Waals surface area contributed by atoms with Gasteiger partial charge in [0.25, 0.3) is 11.8 Å². The summed E-state index contributed by atoms with van der Waals surface area (Å²) in [6.45, 7) is 4.38. The van der Waals surface area contributed by atoms with E-state index in [0.717, 1.165) is 17.3 Å². The molecule has 39 heavy (non-hydrogen) atoms. The monoisotopic (exact) mass is 562 g/mol. The van der Waals surface area contributed by atoms with Crippen molar-refractivity contribution < 1.29 is 27.9 Å². The molecule has 1 atom stereocenters. The van der Waals surface area contributed by atoms with Crippen LogP contribution in [-0.2, 0) is 17.3 Å². The van der Waals surface area contributed by atoms with Crippen molar-refractivity contribution in [2.45, 2.75) is 37.8 Å². The van der Waals surface area contributed by atoms with Crippen molar-refractivity contribution in [1.82, 2.24) is 19.7 Å². The highest BCUT2D eigenvalue weighted by Gasteiger charge is 2.48. The Bertz CT molecular complexity index is 1500. The van der Waals surface area contributed by atoms with Crippen LogP contribution in [0.5, 0.6) is 0 Å². The van der Waals surface area contributed by atoms with Crippen LogP contribution in [0.2, 0.25) is 5.02 Å². The first-order chi connectivity index (χ1) is 18.2. The maximum absolute atomic E-state index is 16.3. The number of likely N-dealkylation sites (tertiary alicyclic amines) is 1. The van der Waals surface area contributed by atoms with Crippen molar-refractivity contribution in [2.75, 3.05) is 29.9 Å². The first-order valence-electron chi connectivity index (χ1n) is 12.1. The lowest BCUT2D eigenvalue weighted by Gasteiger charge is -2.43. The Kier molecular flexibility index (Phi) is 6.38. The van der Waals surface area contributed by atoms with Gasteiger partial charge in [0.1, 0.15) is 11.4 Å². The number of carbonyl (C=O) groups is 2. The fourth-order valence-electron chi connectivity index (χ4n) is 5.17. The Hall–Kier alpha value is -3.64. The minimum Gasteiger partial charge on any atom is -0.381 e. The molecule has 0 aliphatic carbocycles. The molecule has 5 rings (SSSR count). The van der Waals surface area contributed by atoms with Gasteiger partial charge in [0, 0.05) is 49.4 Å². The molecule has 13 heteroatoms. The summed E-state index contributed by atoms with van der Waals surface area (Å²) in [5.41, 5.74) is -3.35. The summed E-state index contributed by atoms with van der Waals surface area (Å²) in [6.07, 6.45) is 2.25. The van der Waals surface area contributed by atoms with Gasteiger partial charge in [-0.2, -0.15) is 5.10 Å². The molecule has 2 aliphatic heterocycles. The molecule has 206 valence electrons. The number of nitrogens with one attached hydrogen (secondary N) is 1. The summed E-state index contributed by atoms with van der Waals surface area (Å²) < 4.78 is 47.6. The van der Waals surface area contributed by atoms with Crippen LogP contribution in [0.1, 0.15) is 42.3 Å². The predicted molar refractivity (Wildman–Crippen MR) is 137 cm³/mol. The standard InChI is InChI=1S/C26H26ClF3N6O3/c1-25(2,39)24(38)35-9-13(10-35)32-21-20(30)18-14(8-31-21)23(37)36(22-17(28)11-34(4)33-22)12-26(18,3)15-6-5-7-16(27)19(15)29/h5-8,11,13,39H,9-10,12H2,1-4H3,(H,31,32)/t26-/m1/s1. The number of aromatic nitrogens is 3. The summed E-state index contributed by atoms with van der Waals surface area (Å²) in [4.78, 5) is 32.3. The number of hydrogen-bond acceptors (Lipinski definition) is 6. The largest absolute Gasteiger partial charge is 0.381 e. The molecule has 2 aromatic heterocycles. The number of carbonyl (C=O) groups excluding carboxylic acids is 2. The second kappa shape index (κ2) is 9.23. The van der Waals surface area contributed by atoms with Crippen LogP contribution in [0.25, 0.3) is 0 Å². The molecule has 4 heterocycles. The molecular formula is C26H26ClF3N6O3. The lowest BCUT2D eigenvalue weighted by molar-refractivity contribution is -0.152. The first-order valence-corrected chi connectivity index (χ1v) is 12.5. The van der Waals surface area contributed by atoms with Gasteiger partial charge < -0.3 is 15.3 Å². The van der Waals surface area contributed by atoms with Gasteiger partial charge in [-0.25, -0.2) is 18.2 Å². The molecule has 0 spiro atoms. The minimum atomic E-state index is -1.54. The molecule has 3 aromatic rings. The van der Waals surface area contributed by atoms with Crippen LogP contribution in [-0.4, -0.2) is 67.9 Å². The summed E-state index contributed by atoms with van der Waals surface area (Å²) in [7, 11) is 1.49. The third kappa shape index (κ3) is 4.41. The number of pyridine rings is 1. The molecule has 1 saturated heterocycles. The second-order valence-electron chi connectivity index (χ2n) is 10.6. The fourth-order valence-corrected chi connectivity index (χ4v) is 5.34. The van der Waals surface area contributed by atoms with Crippen molar-refractivity contribution in [2.24, 2.45) is 7.05 Å². The van der Waals surface area contributed by atoms with Crippen LogP contribution in [0, 0.1) is 17.5 Å². The van der Waals surface area contributed by atoms with Gasteiger partial charge in [0.15, 0.2) is 23.3 Å². The maximum Gasteiger partial charge on any atom is 0.261 e. The van der Waals surface area contributed by atoms with Crippen LogP contribution in [0.3, 0.4) is 0 Å². The molecular weight excluding hydrogens is 537 g/mol. The van der Waals surface area contributed by atoms with Crippen LogP contribution in [0.15, 0.2) is 30.6 Å². The number of nitrogens with zero attached hydrogens (tertiary/aromatic N) is 5. The van der Waals surface area contributed by atoms with Gasteiger partial charge in [0.05, 0.1) is 22.8 Å². The molecule has 9 nitrogen and oxygen atoms in total. The number of hydrogen-bond donors (Lipinski definition) is 2. The number of amides is 2. The van der Waals surface area contributed by atoms with Gasteiger partial charge in [-0.05, 0) is 26.8 Å². The maximum atomic E-state index is 16.3. The van der Waals surface area contributed by atoms with E-state index in [0.29, 0.717) is 0 Å². The summed E-state index contributed by atoms with van der Waals surface area (Å²) >= 11 is 6.07. The molecule has 1 aromatic carbocycles. The van der Waals surface area contributed by atoms with E-state index >= 15 is 8.78 Å². The van der Waals surface area contributed by atoms with Crippen molar-refractivity contribution >= 4 is 35.1 Å². The molecule has 0 bridgehead atoms. The van der Waals surface area contributed by atoms with Gasteiger partial charge >= 0.3 is 0 Å². The zero-order valence-electron chi connectivity index (χ0n) is 21.6. The molecule has 2 aliphatic rings. The number of rotatable bonds is 5. The number of fused-ring (bicyclic) bond motifs is 1. The minimum absolute atomic E-state index is 0.00623. The predicted octanol–water partition coefficient (Wildman–Crippen LogP) is 3.25. The summed E-state index contributed by atoms with van der Waals surface area (Å²) in [5, 5.41) is 16.7. The number of halogens is 4. The molecule has 2 amide bonds. The zero-order valence-corrected chi connectivity index (χ0v) is 22.4. The van der Waals surface area contributed by atoms with Crippen molar-refractivity contribution in [3.8, 4) is 0 Å². The van der Waals surface area contributed by atoms with E-state index in [1.807, 2.05) is 0 Å². The molecule has 0 unspecified atom stereocenters. The highest BCUT2D eigenvalue weighted by atomic mass is 35.5. The van der Waals surface area contributed by atoms with E-state index in [1.165, 1.54) is 48.7 Å². The zero-order chi connectivity index (χ0) is 28.4. The second-order valence-corrected chi connectivity index (χ2v) is 11.0. The van der Waals surface area contributed by atoms with Crippen LogP contribution >= 0.6 is 11.6 Å². The van der Waals surface area contributed by atoms with E-state index in [2.05, 4.69) is 15.4 Å². The summed E-state index contributed by atoms with van der Waals surface area (Å²) in [6, 6.07) is 3.92. The number of aryl methyl sites for hydroxylation is 1. The van der Waals surface area contributed by atoms with Gasteiger partial charge in [0.2, 0.25) is 0 Å². The molecule has 2 N–H and O–H groups in total. The molecule has 0 saturated carbocycles. The van der Waals surface area contributed by atoms with Gasteiger partial charge in [-0.3, -0.25) is 19.2 Å².